The summed E-state index contributed by atoms with van der Waals surface area (Å²) in [6.45, 7) is 13.1. The number of rotatable bonds is 19. The van der Waals surface area contributed by atoms with E-state index >= 15 is 0 Å². The lowest BCUT2D eigenvalue weighted by Crippen LogP contribution is -2.35. The first-order chi connectivity index (χ1) is 23.7. The molecule has 7 heteroatoms. The summed E-state index contributed by atoms with van der Waals surface area (Å²) < 4.78 is 17.5. The highest BCUT2D eigenvalue weighted by atomic mass is 16.5. The fraction of sp³-hybridized carbons (Fsp3) is 0.476. The molecule has 262 valence electrons. The van der Waals surface area contributed by atoms with Crippen LogP contribution in [-0.2, 0) is 20.7 Å². The monoisotopic (exact) mass is 668 g/mol. The van der Waals surface area contributed by atoms with Gasteiger partial charge in [-0.3, -0.25) is 9.59 Å². The van der Waals surface area contributed by atoms with E-state index in [4.69, 9.17) is 14.2 Å². The van der Waals surface area contributed by atoms with Gasteiger partial charge >= 0.3 is 11.9 Å². The molecule has 0 heterocycles. The minimum absolute atomic E-state index is 0.0401. The molecule has 0 saturated heterocycles. The van der Waals surface area contributed by atoms with Gasteiger partial charge in [0.2, 0.25) is 0 Å². The predicted octanol–water partition coefficient (Wildman–Crippen LogP) is 9.73. The summed E-state index contributed by atoms with van der Waals surface area (Å²) in [6, 6.07) is 12.4. The van der Waals surface area contributed by atoms with Crippen molar-refractivity contribution in [3.8, 4) is 11.5 Å². The number of fused-ring (bicyclic) bond motifs is 1. The van der Waals surface area contributed by atoms with Crippen LogP contribution in [0, 0.1) is 17.8 Å². The number of hydrogen-bond donors (Lipinski definition) is 0. The van der Waals surface area contributed by atoms with Crippen LogP contribution in [0.5, 0.6) is 11.5 Å². The molecule has 2 aromatic carbocycles. The summed E-state index contributed by atoms with van der Waals surface area (Å²) in [6.07, 6.45) is 16.5. The average molecular weight is 669 g/mol. The maximum absolute atomic E-state index is 13.0. The molecule has 2 saturated carbocycles. The fourth-order valence-corrected chi connectivity index (χ4v) is 7.16. The van der Waals surface area contributed by atoms with Crippen molar-refractivity contribution in [2.24, 2.45) is 17.8 Å². The highest BCUT2D eigenvalue weighted by Gasteiger charge is 2.38. The number of ether oxygens (including phenoxy) is 3. The molecule has 0 radical (unpaired) electrons. The number of ketones is 2. The number of esters is 2. The molecule has 0 bridgehead atoms. The van der Waals surface area contributed by atoms with Gasteiger partial charge in [-0.15, -0.1) is 0 Å². The Morgan fingerprint density at radius 2 is 1.49 bits per heavy atom. The first-order valence-electron chi connectivity index (χ1n) is 18.0. The quantitative estimate of drug-likeness (QED) is 0.0367. The fourth-order valence-electron chi connectivity index (χ4n) is 7.16. The number of carbonyl (C=O) groups excluding carboxylic acids is 4. The van der Waals surface area contributed by atoms with Crippen molar-refractivity contribution in [3.63, 3.8) is 0 Å². The van der Waals surface area contributed by atoms with E-state index < -0.39 is 5.97 Å². The number of benzene rings is 2. The number of Topliss-reactive ketones (excluding diaryl/α,β-unsaturated/α-hetero) is 1. The minimum Gasteiger partial charge on any atom is -0.461 e. The summed E-state index contributed by atoms with van der Waals surface area (Å²) >= 11 is 0. The summed E-state index contributed by atoms with van der Waals surface area (Å²) in [5, 5.41) is 0. The molecule has 7 nitrogen and oxygen atoms in total. The SMILES string of the molecule is C=CC(=O)CCCCCCCCc1ccc(C(=O)Oc2ccc(OC(=C)C3CCC4CC(OC(=O)C=C)CCC4C3)c(C(=O)CC)c2)cc1. The van der Waals surface area contributed by atoms with Gasteiger partial charge in [-0.1, -0.05) is 64.5 Å². The van der Waals surface area contributed by atoms with E-state index in [2.05, 4.69) is 19.7 Å². The van der Waals surface area contributed by atoms with Gasteiger partial charge in [-0.05, 0) is 112 Å². The Morgan fingerprint density at radius 1 is 0.796 bits per heavy atom. The molecule has 0 N–H and O–H groups in total. The molecule has 0 aromatic heterocycles. The van der Waals surface area contributed by atoms with E-state index in [0.717, 1.165) is 83.5 Å². The number of aryl methyl sites for hydroxylation is 1. The zero-order chi connectivity index (χ0) is 35.2. The third-order valence-corrected chi connectivity index (χ3v) is 10.0. The smallest absolute Gasteiger partial charge is 0.343 e. The van der Waals surface area contributed by atoms with E-state index in [-0.39, 0.29) is 41.7 Å². The minimum atomic E-state index is -0.486. The van der Waals surface area contributed by atoms with E-state index in [1.54, 1.807) is 37.3 Å². The van der Waals surface area contributed by atoms with Crippen LogP contribution in [0.15, 0.2) is 80.1 Å². The van der Waals surface area contributed by atoms with Gasteiger partial charge in [0.25, 0.3) is 0 Å². The van der Waals surface area contributed by atoms with E-state index in [0.29, 0.717) is 40.9 Å². The number of allylic oxidation sites excluding steroid dienone is 2. The van der Waals surface area contributed by atoms with Gasteiger partial charge in [-0.25, -0.2) is 9.59 Å². The third kappa shape index (κ3) is 11.4. The second-order valence-electron chi connectivity index (χ2n) is 13.5. The van der Waals surface area contributed by atoms with Crippen LogP contribution in [0.4, 0.5) is 0 Å². The molecule has 2 fully saturated rings. The van der Waals surface area contributed by atoms with Gasteiger partial charge in [0.15, 0.2) is 11.6 Å². The topological polar surface area (TPSA) is 96.0 Å². The number of carbonyl (C=O) groups is 4. The van der Waals surface area contributed by atoms with E-state index in [1.807, 2.05) is 12.1 Å². The van der Waals surface area contributed by atoms with Crippen LogP contribution < -0.4 is 9.47 Å². The van der Waals surface area contributed by atoms with Crippen LogP contribution in [-0.4, -0.2) is 29.6 Å². The Balaban J connectivity index is 1.26. The predicted molar refractivity (Wildman–Crippen MR) is 192 cm³/mol. The van der Waals surface area contributed by atoms with Crippen molar-refractivity contribution in [3.05, 3.63) is 96.8 Å². The molecule has 2 aliphatic rings. The molecular formula is C42H52O7. The highest BCUT2D eigenvalue weighted by molar-refractivity contribution is 5.99. The molecule has 0 spiro atoms. The van der Waals surface area contributed by atoms with Gasteiger partial charge in [-0.2, -0.15) is 0 Å². The van der Waals surface area contributed by atoms with Crippen LogP contribution in [0.2, 0.25) is 0 Å². The van der Waals surface area contributed by atoms with Crippen LogP contribution >= 0.6 is 0 Å². The lowest BCUT2D eigenvalue weighted by Gasteiger charge is -2.42. The molecule has 4 unspecified atom stereocenters. The Labute approximate surface area is 291 Å². The second kappa shape index (κ2) is 19.1. The van der Waals surface area contributed by atoms with Crippen LogP contribution in [0.25, 0.3) is 0 Å². The molecule has 2 aromatic rings. The average Bonchev–Trinajstić information content (AvgIpc) is 3.12. The lowest BCUT2D eigenvalue weighted by atomic mass is 9.66. The van der Waals surface area contributed by atoms with Crippen molar-refractivity contribution in [2.75, 3.05) is 0 Å². The van der Waals surface area contributed by atoms with Crippen molar-refractivity contribution in [1.29, 1.82) is 0 Å². The van der Waals surface area contributed by atoms with Gasteiger partial charge < -0.3 is 14.2 Å². The first-order valence-corrected chi connectivity index (χ1v) is 18.0. The van der Waals surface area contributed by atoms with Gasteiger partial charge in [0.1, 0.15) is 23.4 Å². The normalized spacial score (nSPS) is 19.9. The highest BCUT2D eigenvalue weighted by Crippen LogP contribution is 2.45. The maximum Gasteiger partial charge on any atom is 0.343 e. The molecule has 0 aliphatic heterocycles. The molecule has 0 amide bonds. The van der Waals surface area contributed by atoms with Crippen molar-refractivity contribution in [2.45, 2.75) is 109 Å². The van der Waals surface area contributed by atoms with Gasteiger partial charge in [0.05, 0.1) is 11.1 Å². The van der Waals surface area contributed by atoms with E-state index in [9.17, 15) is 19.2 Å². The Kier molecular flexibility index (Phi) is 14.6. The standard InChI is InChI=1S/C42H52O7/c1-5-35(43)15-13-11-9-8-10-12-14-30-16-18-31(19-17-30)42(46)49-37-24-25-40(38(28-37)39(44)6-2)47-29(4)32-20-21-34-27-36(48-41(45)7-3)23-22-33(34)26-32/h5,7,16-19,24-25,28,32-34,36H,1,3-4,6,8-15,20-23,26-27H2,2H3. The van der Waals surface area contributed by atoms with Gasteiger partial charge in [0, 0.05) is 24.8 Å². The van der Waals surface area contributed by atoms with Crippen LogP contribution in [0.3, 0.4) is 0 Å². The van der Waals surface area contributed by atoms with Crippen LogP contribution in [0.1, 0.15) is 123 Å². The Bertz CT molecular complexity index is 1490. The third-order valence-electron chi connectivity index (χ3n) is 10.0. The number of hydrogen-bond acceptors (Lipinski definition) is 7. The molecule has 2 aliphatic carbocycles. The molecular weight excluding hydrogens is 616 g/mol. The summed E-state index contributed by atoms with van der Waals surface area (Å²) in [5.74, 6) is 1.72. The zero-order valence-electron chi connectivity index (χ0n) is 29.1. The Hall–Kier alpha value is -4.26. The summed E-state index contributed by atoms with van der Waals surface area (Å²) in [5.41, 5.74) is 1.98. The summed E-state index contributed by atoms with van der Waals surface area (Å²) in [7, 11) is 0. The van der Waals surface area contributed by atoms with Crippen molar-refractivity contribution in [1.82, 2.24) is 0 Å². The largest absolute Gasteiger partial charge is 0.461 e. The van der Waals surface area contributed by atoms with Crippen molar-refractivity contribution < 1.29 is 33.4 Å². The Morgan fingerprint density at radius 3 is 2.20 bits per heavy atom. The zero-order valence-corrected chi connectivity index (χ0v) is 29.1. The second-order valence-corrected chi connectivity index (χ2v) is 13.5. The number of unbranched alkanes of at least 4 members (excludes halogenated alkanes) is 5. The lowest BCUT2D eigenvalue weighted by molar-refractivity contribution is -0.146. The maximum atomic E-state index is 13.0. The van der Waals surface area contributed by atoms with Crippen molar-refractivity contribution >= 4 is 23.5 Å². The summed E-state index contributed by atoms with van der Waals surface area (Å²) in [4.78, 5) is 48.9. The molecule has 4 rings (SSSR count). The molecule has 4 atom stereocenters. The first kappa shape index (κ1) is 37.6. The van der Waals surface area contributed by atoms with E-state index in [1.165, 1.54) is 17.7 Å². The molecule has 49 heavy (non-hydrogen) atoms.